The first-order valence-electron chi connectivity index (χ1n) is 6.71. The summed E-state index contributed by atoms with van der Waals surface area (Å²) in [5.74, 6) is 0.658. The molecule has 2 unspecified atom stereocenters. The van der Waals surface area contributed by atoms with Crippen molar-refractivity contribution in [2.24, 2.45) is 5.92 Å². The fraction of sp³-hybridized carbons (Fsp3) is 0.929. The van der Waals surface area contributed by atoms with Crippen molar-refractivity contribution in [2.45, 2.75) is 65.5 Å². The molecule has 0 heterocycles. The van der Waals surface area contributed by atoms with Gasteiger partial charge in [-0.3, -0.25) is 5.32 Å². The van der Waals surface area contributed by atoms with Gasteiger partial charge in [-0.1, -0.05) is 20.8 Å². The molecule has 0 bridgehead atoms. The Balaban J connectivity index is 3.87. The van der Waals surface area contributed by atoms with Gasteiger partial charge in [0.05, 0.1) is 12.2 Å². The zero-order valence-electron chi connectivity index (χ0n) is 12.0. The molecule has 0 aromatic rings. The topological polar surface area (TPSA) is 45.0 Å². The first-order valence-corrected chi connectivity index (χ1v) is 6.71. The van der Waals surface area contributed by atoms with Crippen LogP contribution in [0.3, 0.4) is 0 Å². The Labute approximate surface area is 107 Å². The van der Waals surface area contributed by atoms with Gasteiger partial charge in [-0.2, -0.15) is 5.26 Å². The van der Waals surface area contributed by atoms with Crippen LogP contribution in [0.25, 0.3) is 0 Å². The van der Waals surface area contributed by atoms with Gasteiger partial charge in [0.25, 0.3) is 0 Å². The average Bonchev–Trinajstić information content (AvgIpc) is 2.25. The molecule has 0 saturated heterocycles. The van der Waals surface area contributed by atoms with Crippen LogP contribution in [0.2, 0.25) is 0 Å². The van der Waals surface area contributed by atoms with Gasteiger partial charge in [-0.15, -0.1) is 0 Å². The summed E-state index contributed by atoms with van der Waals surface area (Å²) in [6.07, 6.45) is 3.14. The lowest BCUT2D eigenvalue weighted by atomic mass is 10.0. The molecule has 3 heteroatoms. The lowest BCUT2D eigenvalue weighted by Gasteiger charge is -2.24. The maximum atomic E-state index is 9.15. The van der Waals surface area contributed by atoms with E-state index in [-0.39, 0.29) is 6.10 Å². The molecular weight excluding hydrogens is 212 g/mol. The van der Waals surface area contributed by atoms with Crippen LogP contribution in [0.15, 0.2) is 0 Å². The molecular formula is C14H28N2O. The van der Waals surface area contributed by atoms with E-state index in [2.05, 4.69) is 39.1 Å². The summed E-state index contributed by atoms with van der Waals surface area (Å²) in [7, 11) is 0. The first kappa shape index (κ1) is 16.4. The SMILES string of the molecule is CCCNC(C)(C#N)CCOC(C)CC(C)C. The van der Waals surface area contributed by atoms with Crippen molar-refractivity contribution in [1.29, 1.82) is 5.26 Å². The molecule has 1 N–H and O–H groups in total. The predicted octanol–water partition coefficient (Wildman–Crippen LogP) is 3.11. The fourth-order valence-corrected chi connectivity index (χ4v) is 1.78. The number of nitrogens with zero attached hydrogens (tertiary/aromatic N) is 1. The molecule has 0 spiro atoms. The summed E-state index contributed by atoms with van der Waals surface area (Å²) in [6, 6.07) is 2.34. The van der Waals surface area contributed by atoms with Crippen LogP contribution in [0.4, 0.5) is 0 Å². The molecule has 0 aromatic carbocycles. The summed E-state index contributed by atoms with van der Waals surface area (Å²) < 4.78 is 5.74. The molecule has 0 fully saturated rings. The maximum absolute atomic E-state index is 9.15. The van der Waals surface area contributed by atoms with Gasteiger partial charge in [0.15, 0.2) is 0 Å². The van der Waals surface area contributed by atoms with Crippen LogP contribution in [0.5, 0.6) is 0 Å². The highest BCUT2D eigenvalue weighted by atomic mass is 16.5. The quantitative estimate of drug-likeness (QED) is 0.673. The van der Waals surface area contributed by atoms with Gasteiger partial charge in [0, 0.05) is 13.0 Å². The minimum atomic E-state index is -0.451. The molecule has 0 aliphatic heterocycles. The summed E-state index contributed by atoms with van der Waals surface area (Å²) >= 11 is 0. The molecule has 100 valence electrons. The van der Waals surface area contributed by atoms with Crippen LogP contribution in [0, 0.1) is 17.2 Å². The van der Waals surface area contributed by atoms with Crippen molar-refractivity contribution < 1.29 is 4.74 Å². The number of nitriles is 1. The second-order valence-electron chi connectivity index (χ2n) is 5.43. The van der Waals surface area contributed by atoms with Crippen molar-refractivity contribution in [1.82, 2.24) is 5.32 Å². The fourth-order valence-electron chi connectivity index (χ4n) is 1.78. The lowest BCUT2D eigenvalue weighted by Crippen LogP contribution is -2.42. The first-order chi connectivity index (χ1) is 7.93. The number of hydrogen-bond acceptors (Lipinski definition) is 3. The molecule has 0 rings (SSSR count). The Morgan fingerprint density at radius 2 is 2.00 bits per heavy atom. The number of hydrogen-bond donors (Lipinski definition) is 1. The van der Waals surface area contributed by atoms with Gasteiger partial charge < -0.3 is 4.74 Å². The van der Waals surface area contributed by atoms with Gasteiger partial charge in [0.1, 0.15) is 5.54 Å². The molecule has 3 nitrogen and oxygen atoms in total. The third-order valence-corrected chi connectivity index (χ3v) is 2.82. The molecule has 0 radical (unpaired) electrons. The monoisotopic (exact) mass is 240 g/mol. The molecule has 2 atom stereocenters. The summed E-state index contributed by atoms with van der Waals surface area (Å²) in [6.45, 7) is 12.1. The van der Waals surface area contributed by atoms with Crippen LogP contribution in [-0.4, -0.2) is 24.8 Å². The zero-order chi connectivity index (χ0) is 13.3. The van der Waals surface area contributed by atoms with Crippen molar-refractivity contribution in [3.05, 3.63) is 0 Å². The minimum absolute atomic E-state index is 0.282. The smallest absolute Gasteiger partial charge is 0.106 e. The van der Waals surface area contributed by atoms with E-state index in [1.807, 2.05) is 6.92 Å². The van der Waals surface area contributed by atoms with E-state index in [1.165, 1.54) is 0 Å². The number of nitrogens with one attached hydrogen (secondary N) is 1. The van der Waals surface area contributed by atoms with Gasteiger partial charge >= 0.3 is 0 Å². The van der Waals surface area contributed by atoms with Gasteiger partial charge in [0.2, 0.25) is 0 Å². The summed E-state index contributed by atoms with van der Waals surface area (Å²) in [5.41, 5.74) is -0.451. The van der Waals surface area contributed by atoms with Crippen molar-refractivity contribution in [3.63, 3.8) is 0 Å². The Kier molecular flexibility index (Phi) is 8.20. The van der Waals surface area contributed by atoms with E-state index >= 15 is 0 Å². The van der Waals surface area contributed by atoms with Crippen molar-refractivity contribution in [3.8, 4) is 6.07 Å². The van der Waals surface area contributed by atoms with Crippen LogP contribution in [0.1, 0.15) is 53.9 Å². The third-order valence-electron chi connectivity index (χ3n) is 2.82. The van der Waals surface area contributed by atoms with Crippen LogP contribution >= 0.6 is 0 Å². The maximum Gasteiger partial charge on any atom is 0.106 e. The van der Waals surface area contributed by atoms with Crippen LogP contribution in [-0.2, 0) is 4.74 Å². The third kappa shape index (κ3) is 8.18. The van der Waals surface area contributed by atoms with Crippen molar-refractivity contribution in [2.75, 3.05) is 13.2 Å². The molecule has 0 aliphatic carbocycles. The highest BCUT2D eigenvalue weighted by Crippen LogP contribution is 2.12. The largest absolute Gasteiger partial charge is 0.378 e. The molecule has 0 aliphatic rings. The highest BCUT2D eigenvalue weighted by molar-refractivity contribution is 5.03. The van der Waals surface area contributed by atoms with Crippen LogP contribution < -0.4 is 5.32 Å². The van der Waals surface area contributed by atoms with E-state index in [1.54, 1.807) is 0 Å². The second kappa shape index (κ2) is 8.49. The number of ether oxygens (including phenoxy) is 1. The molecule has 0 amide bonds. The number of rotatable bonds is 9. The zero-order valence-corrected chi connectivity index (χ0v) is 12.0. The summed E-state index contributed by atoms with van der Waals surface area (Å²) in [5, 5.41) is 12.4. The predicted molar refractivity (Wildman–Crippen MR) is 71.8 cm³/mol. The molecule has 17 heavy (non-hydrogen) atoms. The Morgan fingerprint density at radius 3 is 2.47 bits per heavy atom. The average molecular weight is 240 g/mol. The Bertz CT molecular complexity index is 235. The molecule has 0 saturated carbocycles. The van der Waals surface area contributed by atoms with E-state index in [0.29, 0.717) is 12.5 Å². The second-order valence-corrected chi connectivity index (χ2v) is 5.43. The standard InChI is InChI=1S/C14H28N2O/c1-6-8-16-14(5,11-15)7-9-17-13(4)10-12(2)3/h12-13,16H,6-10H2,1-5H3. The summed E-state index contributed by atoms with van der Waals surface area (Å²) in [4.78, 5) is 0. The van der Waals surface area contributed by atoms with E-state index < -0.39 is 5.54 Å². The van der Waals surface area contributed by atoms with E-state index in [0.717, 1.165) is 25.8 Å². The van der Waals surface area contributed by atoms with Gasteiger partial charge in [-0.05, 0) is 39.2 Å². The van der Waals surface area contributed by atoms with Gasteiger partial charge in [-0.25, -0.2) is 0 Å². The minimum Gasteiger partial charge on any atom is -0.378 e. The molecule has 0 aromatic heterocycles. The Morgan fingerprint density at radius 1 is 1.35 bits per heavy atom. The highest BCUT2D eigenvalue weighted by Gasteiger charge is 2.22. The normalized spacial score (nSPS) is 16.5. The van der Waals surface area contributed by atoms with Crippen molar-refractivity contribution >= 4 is 0 Å². The lowest BCUT2D eigenvalue weighted by molar-refractivity contribution is 0.0429. The van der Waals surface area contributed by atoms with E-state index in [9.17, 15) is 0 Å². The Hall–Kier alpha value is -0.590. The van der Waals surface area contributed by atoms with E-state index in [4.69, 9.17) is 10.00 Å².